The van der Waals surface area contributed by atoms with Crippen LogP contribution in [0.3, 0.4) is 0 Å². The van der Waals surface area contributed by atoms with E-state index in [0.29, 0.717) is 23.6 Å². The van der Waals surface area contributed by atoms with Crippen molar-refractivity contribution < 1.29 is 18.5 Å². The maximum absolute atomic E-state index is 10.6. The van der Waals surface area contributed by atoms with Crippen LogP contribution >= 0.6 is 12.6 Å². The van der Waals surface area contributed by atoms with Crippen molar-refractivity contribution in [3.05, 3.63) is 29.1 Å². The van der Waals surface area contributed by atoms with Crippen LogP contribution in [-0.2, 0) is 9.31 Å². The van der Waals surface area contributed by atoms with Crippen molar-refractivity contribution in [2.75, 3.05) is 5.75 Å². The van der Waals surface area contributed by atoms with Gasteiger partial charge in [-0.2, -0.15) is 12.6 Å². The molecule has 0 saturated carbocycles. The van der Waals surface area contributed by atoms with Crippen LogP contribution in [0.15, 0.2) is 22.0 Å². The molecule has 2 rings (SSSR count). The minimum absolute atomic E-state index is 0.295. The summed E-state index contributed by atoms with van der Waals surface area (Å²) in [6.07, 6.45) is 2.48. The Kier molecular flexibility index (Phi) is 4.18. The van der Waals surface area contributed by atoms with Gasteiger partial charge in [0, 0.05) is 5.75 Å². The Balaban J connectivity index is 2.23. The van der Waals surface area contributed by atoms with Crippen LogP contribution in [0.25, 0.3) is 6.08 Å². The predicted molar refractivity (Wildman–Crippen MR) is 82.0 cm³/mol. The standard InChI is InChI=1S/C14H19BO4S/c1-13(2)14(3,4)19-15(18-13)10(9-20)7-11-5-6-12(8-16)17-11/h5-8,20H,9H2,1-4H3. The Morgan fingerprint density at radius 3 is 2.20 bits per heavy atom. The lowest BCUT2D eigenvalue weighted by Gasteiger charge is -2.32. The fourth-order valence-corrected chi connectivity index (χ4v) is 2.12. The van der Waals surface area contributed by atoms with Crippen LogP contribution in [0, 0.1) is 0 Å². The topological polar surface area (TPSA) is 48.7 Å². The molecule has 6 heteroatoms. The van der Waals surface area contributed by atoms with E-state index in [-0.39, 0.29) is 0 Å². The summed E-state index contributed by atoms with van der Waals surface area (Å²) in [5, 5.41) is 0. The van der Waals surface area contributed by atoms with Gasteiger partial charge in [0.2, 0.25) is 0 Å². The summed E-state index contributed by atoms with van der Waals surface area (Å²) in [5.41, 5.74) is 0.0759. The fourth-order valence-electron chi connectivity index (χ4n) is 1.87. The Morgan fingerprint density at radius 1 is 1.20 bits per heavy atom. The van der Waals surface area contributed by atoms with Crippen LogP contribution in [-0.4, -0.2) is 30.4 Å². The number of thiol groups is 1. The maximum atomic E-state index is 10.6. The van der Waals surface area contributed by atoms with Crippen LogP contribution in [0.4, 0.5) is 0 Å². The van der Waals surface area contributed by atoms with Crippen LogP contribution in [0.2, 0.25) is 0 Å². The van der Waals surface area contributed by atoms with E-state index in [2.05, 4.69) is 12.6 Å². The summed E-state index contributed by atoms with van der Waals surface area (Å²) in [6, 6.07) is 3.36. The smallest absolute Gasteiger partial charge is 0.454 e. The predicted octanol–water partition coefficient (Wildman–Crippen LogP) is 3.04. The van der Waals surface area contributed by atoms with Crippen molar-refractivity contribution in [1.29, 1.82) is 0 Å². The van der Waals surface area contributed by atoms with Crippen molar-refractivity contribution in [2.24, 2.45) is 0 Å². The van der Waals surface area contributed by atoms with Gasteiger partial charge in [-0.3, -0.25) is 4.79 Å². The van der Waals surface area contributed by atoms with Gasteiger partial charge in [-0.15, -0.1) is 0 Å². The number of furan rings is 1. The molecule has 0 amide bonds. The molecule has 1 aromatic rings. The highest BCUT2D eigenvalue weighted by Crippen LogP contribution is 2.39. The van der Waals surface area contributed by atoms with E-state index < -0.39 is 18.3 Å². The zero-order chi connectivity index (χ0) is 15.0. The Labute approximate surface area is 125 Å². The van der Waals surface area contributed by atoms with Crippen LogP contribution < -0.4 is 0 Å². The second-order valence-corrected chi connectivity index (χ2v) is 6.14. The normalized spacial score (nSPS) is 21.2. The van der Waals surface area contributed by atoms with E-state index in [4.69, 9.17) is 13.7 Å². The number of hydrogen-bond acceptors (Lipinski definition) is 5. The first-order valence-corrected chi connectivity index (χ1v) is 7.14. The third-order valence-corrected chi connectivity index (χ3v) is 4.20. The zero-order valence-corrected chi connectivity index (χ0v) is 13.1. The quantitative estimate of drug-likeness (QED) is 0.527. The van der Waals surface area contributed by atoms with E-state index in [1.165, 1.54) is 0 Å². The van der Waals surface area contributed by atoms with Gasteiger partial charge in [-0.25, -0.2) is 0 Å². The molecule has 1 fully saturated rings. The molecular weight excluding hydrogens is 275 g/mol. The van der Waals surface area contributed by atoms with Gasteiger partial charge < -0.3 is 13.7 Å². The van der Waals surface area contributed by atoms with Crippen molar-refractivity contribution in [2.45, 2.75) is 38.9 Å². The lowest BCUT2D eigenvalue weighted by Crippen LogP contribution is -2.41. The summed E-state index contributed by atoms with van der Waals surface area (Å²) in [5.74, 6) is 1.36. The fraction of sp³-hybridized carbons (Fsp3) is 0.500. The molecule has 4 nitrogen and oxygen atoms in total. The van der Waals surface area contributed by atoms with Crippen molar-refractivity contribution >= 4 is 32.1 Å². The average Bonchev–Trinajstić information content (AvgIpc) is 2.89. The average molecular weight is 294 g/mol. The first-order chi connectivity index (χ1) is 9.29. The molecule has 1 aliphatic heterocycles. The molecule has 2 heterocycles. The highest BCUT2D eigenvalue weighted by atomic mass is 32.1. The SMILES string of the molecule is CC1(C)OB(C(=Cc2ccc(C=O)o2)CS)OC1(C)C. The summed E-state index contributed by atoms with van der Waals surface area (Å²) >= 11 is 4.32. The molecule has 0 aliphatic carbocycles. The molecule has 20 heavy (non-hydrogen) atoms. The van der Waals surface area contributed by atoms with Gasteiger partial charge >= 0.3 is 7.12 Å². The van der Waals surface area contributed by atoms with E-state index in [0.717, 1.165) is 5.47 Å². The first-order valence-electron chi connectivity index (χ1n) is 6.51. The lowest BCUT2D eigenvalue weighted by molar-refractivity contribution is 0.00578. The van der Waals surface area contributed by atoms with Gasteiger partial charge in [0.25, 0.3) is 0 Å². The first kappa shape index (κ1) is 15.4. The van der Waals surface area contributed by atoms with Crippen LogP contribution in [0.1, 0.15) is 44.0 Å². The van der Waals surface area contributed by atoms with Gasteiger partial charge in [0.05, 0.1) is 11.2 Å². The van der Waals surface area contributed by atoms with Gasteiger partial charge in [-0.05, 0) is 51.4 Å². The molecule has 0 unspecified atom stereocenters. The molecule has 108 valence electrons. The Morgan fingerprint density at radius 2 is 1.75 bits per heavy atom. The molecule has 0 bridgehead atoms. The van der Waals surface area contributed by atoms with Gasteiger partial charge in [-0.1, -0.05) is 0 Å². The summed E-state index contributed by atoms with van der Waals surface area (Å²) in [7, 11) is -0.456. The van der Waals surface area contributed by atoms with E-state index in [1.54, 1.807) is 12.1 Å². The molecule has 1 aromatic heterocycles. The van der Waals surface area contributed by atoms with E-state index in [1.807, 2.05) is 33.8 Å². The minimum Gasteiger partial charge on any atom is -0.454 e. The number of aldehydes is 1. The third-order valence-electron chi connectivity index (χ3n) is 3.83. The highest BCUT2D eigenvalue weighted by Gasteiger charge is 2.52. The van der Waals surface area contributed by atoms with Gasteiger partial charge in [0.1, 0.15) is 5.76 Å². The monoisotopic (exact) mass is 294 g/mol. The molecular formula is C14H19BO4S. The molecule has 1 aliphatic rings. The molecule has 0 spiro atoms. The number of rotatable bonds is 4. The Hall–Kier alpha value is -0.975. The van der Waals surface area contributed by atoms with Gasteiger partial charge in [0.15, 0.2) is 12.0 Å². The number of hydrogen-bond donors (Lipinski definition) is 1. The number of carbonyl (C=O) groups excluding carboxylic acids is 1. The summed E-state index contributed by atoms with van der Waals surface area (Å²) in [6.45, 7) is 8.00. The van der Waals surface area contributed by atoms with Crippen LogP contribution in [0.5, 0.6) is 0 Å². The molecule has 0 radical (unpaired) electrons. The molecule has 0 atom stereocenters. The second kappa shape index (κ2) is 5.43. The zero-order valence-electron chi connectivity index (χ0n) is 12.2. The minimum atomic E-state index is -0.456. The molecule has 1 saturated heterocycles. The Bertz CT molecular complexity index is 517. The lowest BCUT2D eigenvalue weighted by atomic mass is 9.79. The van der Waals surface area contributed by atoms with Crippen molar-refractivity contribution in [1.82, 2.24) is 0 Å². The van der Waals surface area contributed by atoms with E-state index in [9.17, 15) is 4.79 Å². The molecule has 0 N–H and O–H groups in total. The van der Waals surface area contributed by atoms with E-state index >= 15 is 0 Å². The third kappa shape index (κ3) is 2.87. The summed E-state index contributed by atoms with van der Waals surface area (Å²) in [4.78, 5) is 10.6. The molecule has 0 aromatic carbocycles. The second-order valence-electron chi connectivity index (χ2n) is 5.82. The van der Waals surface area contributed by atoms with Crippen molar-refractivity contribution in [3.63, 3.8) is 0 Å². The van der Waals surface area contributed by atoms with Crippen molar-refractivity contribution in [3.8, 4) is 0 Å². The maximum Gasteiger partial charge on any atom is 0.491 e. The highest BCUT2D eigenvalue weighted by molar-refractivity contribution is 7.80. The number of carbonyl (C=O) groups is 1. The largest absolute Gasteiger partial charge is 0.491 e. The summed E-state index contributed by atoms with van der Waals surface area (Å²) < 4.78 is 17.3.